The summed E-state index contributed by atoms with van der Waals surface area (Å²) in [6, 6.07) is 16.6. The highest BCUT2D eigenvalue weighted by molar-refractivity contribution is 7.12. The summed E-state index contributed by atoms with van der Waals surface area (Å²) in [5.74, 6) is 0.550. The van der Waals surface area contributed by atoms with Gasteiger partial charge in [0.2, 0.25) is 0 Å². The highest BCUT2D eigenvalue weighted by Crippen LogP contribution is 2.35. The molecule has 7 heteroatoms. The van der Waals surface area contributed by atoms with Crippen molar-refractivity contribution in [2.75, 3.05) is 26.3 Å². The average molecular weight is 569 g/mol. The van der Waals surface area contributed by atoms with E-state index in [0.29, 0.717) is 17.4 Å². The van der Waals surface area contributed by atoms with Crippen LogP contribution in [0.2, 0.25) is 0 Å². The minimum Gasteiger partial charge on any atom is -0.488 e. The Morgan fingerprint density at radius 3 is 2.68 bits per heavy atom. The molecule has 0 saturated carbocycles. The first-order valence-electron chi connectivity index (χ1n) is 14.3. The number of nitrogens with zero attached hydrogens (tertiary/aromatic N) is 2. The molecule has 2 aromatic carbocycles. The van der Waals surface area contributed by atoms with Gasteiger partial charge in [-0.3, -0.25) is 4.90 Å². The van der Waals surface area contributed by atoms with Crippen molar-refractivity contribution in [3.63, 3.8) is 0 Å². The van der Waals surface area contributed by atoms with Crippen LogP contribution in [0.5, 0.6) is 5.75 Å². The lowest BCUT2D eigenvalue weighted by molar-refractivity contribution is 0.0701. The number of aryl methyl sites for hydroxylation is 1. The zero-order valence-corrected chi connectivity index (χ0v) is 24.7. The molecule has 1 N–H and O–H groups in total. The van der Waals surface area contributed by atoms with Crippen LogP contribution in [0, 0.1) is 26.7 Å². The van der Waals surface area contributed by atoms with Gasteiger partial charge in [-0.2, -0.15) is 0 Å². The highest BCUT2D eigenvalue weighted by Gasteiger charge is 2.24. The molecule has 0 amide bonds. The molecule has 0 aliphatic carbocycles. The molecule has 1 fully saturated rings. The van der Waals surface area contributed by atoms with E-state index in [1.54, 1.807) is 0 Å². The first-order valence-corrected chi connectivity index (χ1v) is 15.2. The van der Waals surface area contributed by atoms with Crippen LogP contribution in [0.3, 0.4) is 0 Å². The number of benzene rings is 2. The number of aromatic nitrogens is 1. The van der Waals surface area contributed by atoms with E-state index < -0.39 is 5.97 Å². The Balaban J connectivity index is 1.21. The minimum atomic E-state index is -0.904. The number of rotatable bonds is 8. The van der Waals surface area contributed by atoms with Crippen molar-refractivity contribution in [1.29, 1.82) is 0 Å². The van der Waals surface area contributed by atoms with Crippen molar-refractivity contribution in [3.05, 3.63) is 92.2 Å². The van der Waals surface area contributed by atoms with Crippen molar-refractivity contribution in [2.24, 2.45) is 5.92 Å². The number of carboxylic acid groups (broad SMARTS) is 1. The molecule has 1 atom stereocenters. The molecule has 4 aromatic rings. The van der Waals surface area contributed by atoms with Gasteiger partial charge < -0.3 is 14.6 Å². The van der Waals surface area contributed by atoms with E-state index in [1.165, 1.54) is 40.0 Å². The quantitative estimate of drug-likeness (QED) is 0.245. The number of ether oxygens (including phenoxy) is 2. The van der Waals surface area contributed by atoms with Gasteiger partial charge in [-0.05, 0) is 91.6 Å². The molecule has 2 aliphatic heterocycles. The third kappa shape index (κ3) is 5.80. The molecule has 6 nitrogen and oxygen atoms in total. The molecule has 2 aromatic heterocycles. The monoisotopic (exact) mass is 568 g/mol. The predicted octanol–water partition coefficient (Wildman–Crippen LogP) is 7.07. The molecular formula is C34H36N2O4S. The standard InChI is InChI=1S/C34H36N2O4S/c1-21-7-10-32(28(15-21)30-5-4-6-31(35-30)29-20-41-33(23(29)3)34(37)38)40-19-26-9-8-25-17-36(13-11-27(25)22(26)2)16-24-12-14-39-18-24/h4-10,15,20,24H,11-14,16-19H2,1-3H3,(H,37,38). The number of carbonyl (C=O) groups is 1. The topological polar surface area (TPSA) is 71.9 Å². The summed E-state index contributed by atoms with van der Waals surface area (Å²) < 4.78 is 12.1. The van der Waals surface area contributed by atoms with Crippen LogP contribution in [0.15, 0.2) is 53.9 Å². The second-order valence-corrected chi connectivity index (χ2v) is 12.2. The van der Waals surface area contributed by atoms with Gasteiger partial charge in [-0.1, -0.05) is 29.8 Å². The van der Waals surface area contributed by atoms with E-state index in [4.69, 9.17) is 14.5 Å². The first kappa shape index (κ1) is 27.6. The van der Waals surface area contributed by atoms with E-state index in [2.05, 4.69) is 43.0 Å². The molecule has 2 aliphatic rings. The molecule has 0 spiro atoms. The molecule has 1 unspecified atom stereocenters. The summed E-state index contributed by atoms with van der Waals surface area (Å²) in [7, 11) is 0. The van der Waals surface area contributed by atoms with Gasteiger partial charge in [-0.15, -0.1) is 11.3 Å². The number of aromatic carboxylic acids is 1. The van der Waals surface area contributed by atoms with Gasteiger partial charge in [0, 0.05) is 42.7 Å². The molecule has 4 heterocycles. The van der Waals surface area contributed by atoms with Crippen LogP contribution in [0.25, 0.3) is 22.5 Å². The number of pyridine rings is 1. The molecule has 1 saturated heterocycles. The Hall–Kier alpha value is -3.52. The predicted molar refractivity (Wildman–Crippen MR) is 163 cm³/mol. The molecular weight excluding hydrogens is 532 g/mol. The van der Waals surface area contributed by atoms with Crippen LogP contribution in [-0.2, 0) is 24.3 Å². The van der Waals surface area contributed by atoms with Gasteiger partial charge in [0.1, 0.15) is 17.2 Å². The lowest BCUT2D eigenvalue weighted by Gasteiger charge is -2.32. The van der Waals surface area contributed by atoms with E-state index in [0.717, 1.165) is 78.7 Å². The van der Waals surface area contributed by atoms with Crippen LogP contribution in [0.4, 0.5) is 0 Å². The summed E-state index contributed by atoms with van der Waals surface area (Å²) in [5.41, 5.74) is 10.7. The molecule has 6 rings (SSSR count). The average Bonchev–Trinajstić information content (AvgIpc) is 3.63. The Bertz CT molecular complexity index is 1590. The van der Waals surface area contributed by atoms with Gasteiger partial charge in [0.05, 0.1) is 18.0 Å². The molecule has 212 valence electrons. The molecule has 41 heavy (non-hydrogen) atoms. The van der Waals surface area contributed by atoms with Crippen molar-refractivity contribution in [3.8, 4) is 28.3 Å². The second-order valence-electron chi connectivity index (χ2n) is 11.3. The summed E-state index contributed by atoms with van der Waals surface area (Å²) in [5, 5.41) is 11.4. The number of hydrogen-bond acceptors (Lipinski definition) is 6. The molecule has 0 radical (unpaired) electrons. The zero-order chi connectivity index (χ0) is 28.5. The van der Waals surface area contributed by atoms with Crippen molar-refractivity contribution in [2.45, 2.75) is 46.8 Å². The second kappa shape index (κ2) is 11.8. The maximum absolute atomic E-state index is 11.6. The number of hydrogen-bond donors (Lipinski definition) is 1. The normalized spacial score (nSPS) is 17.0. The zero-order valence-electron chi connectivity index (χ0n) is 23.9. The van der Waals surface area contributed by atoms with Crippen molar-refractivity contribution >= 4 is 17.3 Å². The van der Waals surface area contributed by atoms with Gasteiger partial charge in [0.25, 0.3) is 0 Å². The minimum absolute atomic E-state index is 0.350. The van der Waals surface area contributed by atoms with Crippen molar-refractivity contribution < 1.29 is 19.4 Å². The Kier molecular flexibility index (Phi) is 7.93. The summed E-state index contributed by atoms with van der Waals surface area (Å²) in [6.45, 7) is 11.7. The fourth-order valence-corrected chi connectivity index (χ4v) is 7.01. The van der Waals surface area contributed by atoms with Gasteiger partial charge in [0.15, 0.2) is 0 Å². The van der Waals surface area contributed by atoms with Crippen LogP contribution in [0.1, 0.15) is 49.5 Å². The smallest absolute Gasteiger partial charge is 0.346 e. The Labute approximate surface area is 245 Å². The number of thiophene rings is 1. The van der Waals surface area contributed by atoms with Crippen LogP contribution in [-0.4, -0.2) is 47.3 Å². The van der Waals surface area contributed by atoms with E-state index in [9.17, 15) is 9.90 Å². The first-order chi connectivity index (χ1) is 19.9. The lowest BCUT2D eigenvalue weighted by atomic mass is 9.91. The largest absolute Gasteiger partial charge is 0.488 e. The SMILES string of the molecule is Cc1ccc(OCc2ccc3c(c2C)CCN(CC2CCOC2)C3)c(-c2cccc(-c3csc(C(=O)O)c3C)n2)c1. The third-order valence-corrected chi connectivity index (χ3v) is 9.54. The lowest BCUT2D eigenvalue weighted by Crippen LogP contribution is -2.35. The molecule has 0 bridgehead atoms. The highest BCUT2D eigenvalue weighted by atomic mass is 32.1. The van der Waals surface area contributed by atoms with E-state index in [1.807, 2.05) is 36.6 Å². The summed E-state index contributed by atoms with van der Waals surface area (Å²) >= 11 is 1.24. The van der Waals surface area contributed by atoms with Gasteiger partial charge in [-0.25, -0.2) is 9.78 Å². The van der Waals surface area contributed by atoms with Crippen LogP contribution < -0.4 is 4.74 Å². The Morgan fingerprint density at radius 2 is 1.93 bits per heavy atom. The summed E-state index contributed by atoms with van der Waals surface area (Å²) in [6.07, 6.45) is 2.25. The Morgan fingerprint density at radius 1 is 1.10 bits per heavy atom. The fraction of sp³-hybridized carbons (Fsp3) is 0.353. The number of carboxylic acids is 1. The fourth-order valence-electron chi connectivity index (χ4n) is 6.09. The van der Waals surface area contributed by atoms with E-state index in [-0.39, 0.29) is 0 Å². The van der Waals surface area contributed by atoms with Gasteiger partial charge >= 0.3 is 5.97 Å². The maximum Gasteiger partial charge on any atom is 0.346 e. The third-order valence-electron chi connectivity index (χ3n) is 8.47. The number of fused-ring (bicyclic) bond motifs is 1. The van der Waals surface area contributed by atoms with E-state index >= 15 is 0 Å². The van der Waals surface area contributed by atoms with Crippen LogP contribution >= 0.6 is 11.3 Å². The summed E-state index contributed by atoms with van der Waals surface area (Å²) in [4.78, 5) is 19.4. The van der Waals surface area contributed by atoms with Crippen molar-refractivity contribution in [1.82, 2.24) is 9.88 Å². The maximum atomic E-state index is 11.6.